The van der Waals surface area contributed by atoms with Gasteiger partial charge < -0.3 is 25.2 Å². The van der Waals surface area contributed by atoms with Crippen molar-refractivity contribution in [2.75, 3.05) is 6.61 Å². The molecule has 3 N–H and O–H groups in total. The summed E-state index contributed by atoms with van der Waals surface area (Å²) in [5, 5.41) is 16.2. The number of alkyl carbamates (subject to hydrolysis) is 1. The van der Waals surface area contributed by atoms with Gasteiger partial charge in [-0.25, -0.2) is 9.59 Å². The normalized spacial score (nSPS) is 17.7. The molecule has 0 saturated carbocycles. The number of fused-ring (bicyclic) bond motifs is 3. The zero-order chi connectivity index (χ0) is 39.5. The molecular formula is C46H45N3O7. The molecule has 0 spiro atoms. The third-order valence-corrected chi connectivity index (χ3v) is 10.8. The van der Waals surface area contributed by atoms with Crippen molar-refractivity contribution in [2.24, 2.45) is 0 Å². The maximum atomic E-state index is 14.5. The Hall–Kier alpha value is -6.26. The predicted octanol–water partition coefficient (Wildman–Crippen LogP) is 7.22. The fourth-order valence-electron chi connectivity index (χ4n) is 8.37. The second-order valence-corrected chi connectivity index (χ2v) is 14.7. The number of carboxylic acid groups (broad SMARTS) is 1. The largest absolute Gasteiger partial charge is 0.480 e. The highest BCUT2D eigenvalue weighted by Crippen LogP contribution is 2.44. The van der Waals surface area contributed by atoms with Crippen molar-refractivity contribution in [3.05, 3.63) is 167 Å². The molecule has 1 heterocycles. The van der Waals surface area contributed by atoms with Crippen LogP contribution in [0.25, 0.3) is 11.1 Å². The minimum Gasteiger partial charge on any atom is -0.480 e. The van der Waals surface area contributed by atoms with Crippen LogP contribution in [0, 0.1) is 0 Å². The van der Waals surface area contributed by atoms with Crippen LogP contribution >= 0.6 is 0 Å². The lowest BCUT2D eigenvalue weighted by Crippen LogP contribution is -2.58. The molecule has 0 aromatic heterocycles. The van der Waals surface area contributed by atoms with Crippen molar-refractivity contribution in [1.29, 1.82) is 0 Å². The molecule has 0 unspecified atom stereocenters. The van der Waals surface area contributed by atoms with Gasteiger partial charge in [0.15, 0.2) is 6.04 Å². The average molecular weight is 752 g/mol. The van der Waals surface area contributed by atoms with Crippen molar-refractivity contribution < 1.29 is 33.8 Å². The van der Waals surface area contributed by atoms with E-state index in [4.69, 9.17) is 9.47 Å². The first kappa shape index (κ1) is 38.0. The molecule has 286 valence electrons. The molecule has 3 atom stereocenters. The highest BCUT2D eigenvalue weighted by molar-refractivity contribution is 5.91. The molecule has 7 rings (SSSR count). The summed E-state index contributed by atoms with van der Waals surface area (Å²) in [6.07, 6.45) is -2.04. The molecular weight excluding hydrogens is 707 g/mol. The third kappa shape index (κ3) is 7.27. The first-order chi connectivity index (χ1) is 27.0. The number of benzene rings is 5. The zero-order valence-electron chi connectivity index (χ0n) is 31.6. The fraction of sp³-hybridized carbons (Fsp3) is 0.261. The Morgan fingerprint density at radius 2 is 1.21 bits per heavy atom. The van der Waals surface area contributed by atoms with Gasteiger partial charge in [0, 0.05) is 12.3 Å². The fourth-order valence-corrected chi connectivity index (χ4v) is 8.37. The Morgan fingerprint density at radius 3 is 1.70 bits per heavy atom. The highest BCUT2D eigenvalue weighted by Gasteiger charge is 2.53. The third-order valence-electron chi connectivity index (χ3n) is 10.8. The van der Waals surface area contributed by atoms with Gasteiger partial charge in [-0.05, 0) is 66.1 Å². The molecule has 0 radical (unpaired) electrons. The summed E-state index contributed by atoms with van der Waals surface area (Å²) in [5.74, 6) is -2.56. The Balaban J connectivity index is 1.16. The van der Waals surface area contributed by atoms with Crippen molar-refractivity contribution in [3.8, 4) is 11.1 Å². The topological polar surface area (TPSA) is 134 Å². The van der Waals surface area contributed by atoms with E-state index < -0.39 is 53.3 Å². The Labute approximate surface area is 326 Å². The van der Waals surface area contributed by atoms with Gasteiger partial charge in [-0.2, -0.15) is 0 Å². The molecule has 10 heteroatoms. The molecule has 1 saturated heterocycles. The van der Waals surface area contributed by atoms with E-state index in [1.807, 2.05) is 140 Å². The van der Waals surface area contributed by atoms with Gasteiger partial charge in [0.1, 0.15) is 23.9 Å². The smallest absolute Gasteiger partial charge is 0.407 e. The van der Waals surface area contributed by atoms with Crippen LogP contribution in [0.5, 0.6) is 0 Å². The van der Waals surface area contributed by atoms with Crippen molar-refractivity contribution in [3.63, 3.8) is 0 Å². The summed E-state index contributed by atoms with van der Waals surface area (Å²) < 4.78 is 11.8. The van der Waals surface area contributed by atoms with Gasteiger partial charge >= 0.3 is 12.1 Å². The van der Waals surface area contributed by atoms with E-state index >= 15 is 0 Å². The first-order valence-corrected chi connectivity index (χ1v) is 18.8. The Bertz CT molecular complexity index is 2070. The molecule has 5 aromatic carbocycles. The van der Waals surface area contributed by atoms with E-state index in [1.165, 1.54) is 0 Å². The van der Waals surface area contributed by atoms with E-state index in [2.05, 4.69) is 10.6 Å². The van der Waals surface area contributed by atoms with Crippen LogP contribution in [-0.4, -0.2) is 64.4 Å². The molecule has 0 bridgehead atoms. The second-order valence-electron chi connectivity index (χ2n) is 14.7. The number of carbonyl (C=O) groups is 4. The lowest BCUT2D eigenvalue weighted by Gasteiger charge is -2.37. The molecule has 2 aliphatic rings. The van der Waals surface area contributed by atoms with Crippen molar-refractivity contribution in [1.82, 2.24) is 15.5 Å². The molecule has 1 aliphatic carbocycles. The van der Waals surface area contributed by atoms with Crippen LogP contribution in [-0.2, 0) is 29.4 Å². The lowest BCUT2D eigenvalue weighted by molar-refractivity contribution is -0.157. The summed E-state index contributed by atoms with van der Waals surface area (Å²) in [5.41, 5.74) is 4.25. The van der Waals surface area contributed by atoms with E-state index in [0.717, 1.165) is 43.8 Å². The number of nitrogens with one attached hydrogen (secondary N) is 2. The van der Waals surface area contributed by atoms with Crippen LogP contribution in [0.4, 0.5) is 4.79 Å². The molecule has 3 amide bonds. The molecule has 56 heavy (non-hydrogen) atoms. The van der Waals surface area contributed by atoms with Crippen LogP contribution in [0.2, 0.25) is 0 Å². The maximum Gasteiger partial charge on any atom is 0.407 e. The minimum atomic E-state index is -1.33. The zero-order valence-corrected chi connectivity index (χ0v) is 31.6. The molecule has 10 nitrogen and oxygen atoms in total. The predicted molar refractivity (Wildman–Crippen MR) is 211 cm³/mol. The van der Waals surface area contributed by atoms with Gasteiger partial charge in [0.25, 0.3) is 0 Å². The average Bonchev–Trinajstić information content (AvgIpc) is 3.67. The van der Waals surface area contributed by atoms with Crippen LogP contribution in [0.3, 0.4) is 0 Å². The summed E-state index contributed by atoms with van der Waals surface area (Å²) in [6, 6.07) is 42.2. The number of carbonyl (C=O) groups excluding carboxylic acids is 3. The van der Waals surface area contributed by atoms with Gasteiger partial charge in [-0.3, -0.25) is 14.5 Å². The van der Waals surface area contributed by atoms with E-state index in [-0.39, 0.29) is 25.4 Å². The van der Waals surface area contributed by atoms with Crippen LogP contribution in [0.15, 0.2) is 140 Å². The van der Waals surface area contributed by atoms with Gasteiger partial charge in [-0.15, -0.1) is 0 Å². The molecule has 5 aromatic rings. The number of amides is 3. The van der Waals surface area contributed by atoms with E-state index in [1.54, 1.807) is 20.8 Å². The Kier molecular flexibility index (Phi) is 10.8. The quantitative estimate of drug-likeness (QED) is 0.115. The van der Waals surface area contributed by atoms with Gasteiger partial charge in [0.2, 0.25) is 11.8 Å². The number of hydrogen-bond donors (Lipinski definition) is 3. The number of rotatable bonds is 12. The highest BCUT2D eigenvalue weighted by atomic mass is 16.6. The summed E-state index contributed by atoms with van der Waals surface area (Å²) in [7, 11) is 0. The van der Waals surface area contributed by atoms with Crippen molar-refractivity contribution >= 4 is 23.9 Å². The van der Waals surface area contributed by atoms with Gasteiger partial charge in [0.05, 0.1) is 6.10 Å². The molecule has 1 aliphatic heterocycles. The summed E-state index contributed by atoms with van der Waals surface area (Å²) in [6.45, 7) is 4.80. The van der Waals surface area contributed by atoms with Crippen molar-refractivity contribution in [2.45, 2.75) is 69.0 Å². The van der Waals surface area contributed by atoms with E-state index in [0.29, 0.717) is 0 Å². The Morgan fingerprint density at radius 1 is 0.750 bits per heavy atom. The summed E-state index contributed by atoms with van der Waals surface area (Å²) >= 11 is 0. The SMILES string of the molecule is C[C@H]1OC(C)(C)N(C(=O)[C@H](CCC(=O)NC(c2ccccc2)(c2ccccc2)c2ccccc2)NC(=O)OCC2c3ccccc3-c3ccccc32)[C@@H]1C(=O)O. The number of ether oxygens (including phenoxy) is 2. The number of nitrogens with zero attached hydrogens (tertiary/aromatic N) is 1. The number of carboxylic acids is 1. The van der Waals surface area contributed by atoms with E-state index in [9.17, 15) is 24.3 Å². The summed E-state index contributed by atoms with van der Waals surface area (Å²) in [4.78, 5) is 56.1. The molecule has 1 fully saturated rings. The lowest BCUT2D eigenvalue weighted by atomic mass is 9.77. The van der Waals surface area contributed by atoms with Gasteiger partial charge in [-0.1, -0.05) is 140 Å². The number of hydrogen-bond acceptors (Lipinski definition) is 6. The maximum absolute atomic E-state index is 14.5. The second kappa shape index (κ2) is 15.8. The van der Waals surface area contributed by atoms with Crippen LogP contribution in [0.1, 0.15) is 67.3 Å². The number of aliphatic carboxylic acids is 1. The van der Waals surface area contributed by atoms with Crippen LogP contribution < -0.4 is 10.6 Å². The standard InChI is InChI=1S/C46H45N3O7/c1-30-41(43(52)53)49(45(2,3)56-30)42(51)39(47-44(54)55-29-38-36-25-15-13-23-34(36)35-24-14-16-26-37(35)38)27-28-40(50)48-46(31-17-7-4-8-18-31,32-19-9-5-10-20-32)33-21-11-6-12-22-33/h4-26,30,38-39,41H,27-29H2,1-3H3,(H,47,54)(H,48,50)(H,52,53)/t30-,39+,41+/m1/s1. The minimum absolute atomic E-state index is 0.00209. The first-order valence-electron chi connectivity index (χ1n) is 18.8. The monoisotopic (exact) mass is 751 g/mol.